The highest BCUT2D eigenvalue weighted by Crippen LogP contribution is 2.18. The molecule has 0 fully saturated rings. The summed E-state index contributed by atoms with van der Waals surface area (Å²) in [5.74, 6) is -0.919. The van der Waals surface area contributed by atoms with Crippen molar-refractivity contribution < 1.29 is 18.7 Å². The summed E-state index contributed by atoms with van der Waals surface area (Å²) in [6.45, 7) is 1.97. The van der Waals surface area contributed by atoms with Crippen molar-refractivity contribution in [2.24, 2.45) is 11.5 Å². The largest absolute Gasteiger partial charge is 0.465 e. The van der Waals surface area contributed by atoms with Crippen molar-refractivity contribution in [3.05, 3.63) is 35.1 Å². The SMILES string of the molecule is CCOC(=O)C(N)CSCc1cc(C(N)=O)ccc1F. The zero-order chi connectivity index (χ0) is 15.1. The number of primary amides is 1. The summed E-state index contributed by atoms with van der Waals surface area (Å²) in [5, 5.41) is 0. The summed E-state index contributed by atoms with van der Waals surface area (Å²) in [6, 6.07) is 3.18. The van der Waals surface area contributed by atoms with Crippen LogP contribution in [0.5, 0.6) is 0 Å². The van der Waals surface area contributed by atoms with E-state index in [1.54, 1.807) is 6.92 Å². The molecule has 0 bridgehead atoms. The van der Waals surface area contributed by atoms with Gasteiger partial charge in [0.1, 0.15) is 11.9 Å². The molecule has 0 spiro atoms. The molecule has 5 nitrogen and oxygen atoms in total. The number of hydrogen-bond donors (Lipinski definition) is 2. The van der Waals surface area contributed by atoms with Gasteiger partial charge in [-0.05, 0) is 30.7 Å². The number of esters is 1. The number of carbonyl (C=O) groups excluding carboxylic acids is 2. The average Bonchev–Trinajstić information content (AvgIpc) is 2.40. The molecule has 0 saturated heterocycles. The van der Waals surface area contributed by atoms with E-state index >= 15 is 0 Å². The molecule has 1 aromatic rings. The Kier molecular flexibility index (Phi) is 6.47. The fourth-order valence-electron chi connectivity index (χ4n) is 1.45. The van der Waals surface area contributed by atoms with Crippen LogP contribution >= 0.6 is 11.8 Å². The molecule has 4 N–H and O–H groups in total. The molecule has 0 aliphatic rings. The molecule has 0 aliphatic carbocycles. The molecular weight excluding hydrogens is 283 g/mol. The van der Waals surface area contributed by atoms with Crippen LogP contribution in [0.25, 0.3) is 0 Å². The molecule has 7 heteroatoms. The molecule has 1 amide bonds. The van der Waals surface area contributed by atoms with E-state index in [4.69, 9.17) is 16.2 Å². The Labute approximate surface area is 120 Å². The van der Waals surface area contributed by atoms with Gasteiger partial charge in [-0.15, -0.1) is 0 Å². The van der Waals surface area contributed by atoms with E-state index < -0.39 is 23.7 Å². The summed E-state index contributed by atoms with van der Waals surface area (Å²) in [6.07, 6.45) is 0. The quantitative estimate of drug-likeness (QED) is 0.734. The van der Waals surface area contributed by atoms with Gasteiger partial charge in [0.15, 0.2) is 0 Å². The molecule has 1 atom stereocenters. The fraction of sp³-hybridized carbons (Fsp3) is 0.385. The lowest BCUT2D eigenvalue weighted by molar-refractivity contribution is -0.144. The summed E-state index contributed by atoms with van der Waals surface area (Å²) in [5.41, 5.74) is 11.4. The van der Waals surface area contributed by atoms with Gasteiger partial charge in [0, 0.05) is 17.1 Å². The van der Waals surface area contributed by atoms with Crippen molar-refractivity contribution in [3.8, 4) is 0 Å². The van der Waals surface area contributed by atoms with Gasteiger partial charge in [0.05, 0.1) is 6.61 Å². The minimum atomic E-state index is -0.748. The van der Waals surface area contributed by atoms with Crippen molar-refractivity contribution in [3.63, 3.8) is 0 Å². The van der Waals surface area contributed by atoms with Gasteiger partial charge in [0.2, 0.25) is 5.91 Å². The van der Waals surface area contributed by atoms with Crippen LogP contribution in [0, 0.1) is 5.82 Å². The topological polar surface area (TPSA) is 95.4 Å². The Morgan fingerprint density at radius 3 is 2.75 bits per heavy atom. The van der Waals surface area contributed by atoms with E-state index in [0.717, 1.165) is 0 Å². The van der Waals surface area contributed by atoms with Gasteiger partial charge < -0.3 is 16.2 Å². The number of hydrogen-bond acceptors (Lipinski definition) is 5. The lowest BCUT2D eigenvalue weighted by Gasteiger charge is -2.10. The highest BCUT2D eigenvalue weighted by atomic mass is 32.2. The molecule has 20 heavy (non-hydrogen) atoms. The molecule has 1 rings (SSSR count). The van der Waals surface area contributed by atoms with Crippen molar-refractivity contribution in [1.29, 1.82) is 0 Å². The number of ether oxygens (including phenoxy) is 1. The second kappa shape index (κ2) is 7.86. The first-order chi connectivity index (χ1) is 9.45. The number of halogens is 1. The van der Waals surface area contributed by atoms with E-state index in [9.17, 15) is 14.0 Å². The predicted molar refractivity (Wildman–Crippen MR) is 75.7 cm³/mol. The number of nitrogens with two attached hydrogens (primary N) is 2. The molecule has 0 aromatic heterocycles. The third-order valence-electron chi connectivity index (χ3n) is 2.47. The second-order valence-corrected chi connectivity index (χ2v) is 5.07. The molecule has 1 unspecified atom stereocenters. The first-order valence-corrected chi connectivity index (χ1v) is 7.19. The molecular formula is C13H17FN2O3S. The standard InChI is InChI=1S/C13H17FN2O3S/c1-2-19-13(18)11(15)7-20-6-9-5-8(12(16)17)3-4-10(9)14/h3-5,11H,2,6-7,15H2,1H3,(H2,16,17). The first-order valence-electron chi connectivity index (χ1n) is 6.04. The van der Waals surface area contributed by atoms with E-state index in [1.165, 1.54) is 30.0 Å². The molecule has 110 valence electrons. The van der Waals surface area contributed by atoms with Crippen molar-refractivity contribution >= 4 is 23.6 Å². The Morgan fingerprint density at radius 2 is 2.15 bits per heavy atom. The van der Waals surface area contributed by atoms with Gasteiger partial charge in [0.25, 0.3) is 0 Å². The van der Waals surface area contributed by atoms with E-state index in [2.05, 4.69) is 0 Å². The second-order valence-electron chi connectivity index (χ2n) is 4.04. The molecule has 0 aliphatic heterocycles. The fourth-order valence-corrected chi connectivity index (χ4v) is 2.40. The number of thioether (sulfide) groups is 1. The van der Waals surface area contributed by atoms with Gasteiger partial charge >= 0.3 is 5.97 Å². The third kappa shape index (κ3) is 4.82. The van der Waals surface area contributed by atoms with Gasteiger partial charge in [-0.2, -0.15) is 11.8 Å². The first kappa shape index (κ1) is 16.5. The zero-order valence-corrected chi connectivity index (χ0v) is 11.9. The van der Waals surface area contributed by atoms with Crippen molar-refractivity contribution in [2.75, 3.05) is 12.4 Å². The van der Waals surface area contributed by atoms with Crippen LogP contribution < -0.4 is 11.5 Å². The maximum absolute atomic E-state index is 13.5. The van der Waals surface area contributed by atoms with Crippen LogP contribution in [-0.4, -0.2) is 30.3 Å². The highest BCUT2D eigenvalue weighted by Gasteiger charge is 2.15. The van der Waals surface area contributed by atoms with Gasteiger partial charge in [-0.3, -0.25) is 9.59 Å². The number of carbonyl (C=O) groups is 2. The smallest absolute Gasteiger partial charge is 0.323 e. The van der Waals surface area contributed by atoms with Crippen LogP contribution in [0.3, 0.4) is 0 Å². The molecule has 0 radical (unpaired) electrons. The van der Waals surface area contributed by atoms with Crippen LogP contribution in [0.4, 0.5) is 4.39 Å². The third-order valence-corrected chi connectivity index (χ3v) is 3.58. The number of rotatable bonds is 7. The lowest BCUT2D eigenvalue weighted by atomic mass is 10.1. The van der Waals surface area contributed by atoms with Crippen molar-refractivity contribution in [2.45, 2.75) is 18.7 Å². The average molecular weight is 300 g/mol. The Bertz CT molecular complexity index is 497. The highest BCUT2D eigenvalue weighted by molar-refractivity contribution is 7.98. The van der Waals surface area contributed by atoms with Gasteiger partial charge in [-0.25, -0.2) is 4.39 Å². The van der Waals surface area contributed by atoms with Crippen LogP contribution in [0.15, 0.2) is 18.2 Å². The Hall–Kier alpha value is -1.60. The minimum absolute atomic E-state index is 0.247. The molecule has 0 heterocycles. The Balaban J connectivity index is 2.55. The molecule has 0 saturated carbocycles. The predicted octanol–water partition coefficient (Wildman–Crippen LogP) is 1.05. The lowest BCUT2D eigenvalue weighted by Crippen LogP contribution is -2.34. The van der Waals surface area contributed by atoms with E-state index in [1.807, 2.05) is 0 Å². The van der Waals surface area contributed by atoms with Crippen molar-refractivity contribution in [1.82, 2.24) is 0 Å². The summed E-state index contributed by atoms with van der Waals surface area (Å²) >= 11 is 1.29. The monoisotopic (exact) mass is 300 g/mol. The van der Waals surface area contributed by atoms with Crippen LogP contribution in [-0.2, 0) is 15.3 Å². The maximum Gasteiger partial charge on any atom is 0.323 e. The van der Waals surface area contributed by atoms with E-state index in [-0.39, 0.29) is 12.2 Å². The van der Waals surface area contributed by atoms with Crippen LogP contribution in [0.1, 0.15) is 22.8 Å². The zero-order valence-electron chi connectivity index (χ0n) is 11.1. The number of amides is 1. The normalized spacial score (nSPS) is 11.9. The number of benzene rings is 1. The Morgan fingerprint density at radius 1 is 1.45 bits per heavy atom. The minimum Gasteiger partial charge on any atom is -0.465 e. The van der Waals surface area contributed by atoms with Gasteiger partial charge in [-0.1, -0.05) is 0 Å². The molecule has 1 aromatic carbocycles. The summed E-state index contributed by atoms with van der Waals surface area (Å²) < 4.78 is 18.3. The maximum atomic E-state index is 13.5. The summed E-state index contributed by atoms with van der Waals surface area (Å²) in [7, 11) is 0. The van der Waals surface area contributed by atoms with Crippen LogP contribution in [0.2, 0.25) is 0 Å². The van der Waals surface area contributed by atoms with E-state index in [0.29, 0.717) is 17.1 Å². The summed E-state index contributed by atoms with van der Waals surface area (Å²) in [4.78, 5) is 22.3.